The van der Waals surface area contributed by atoms with Crippen LogP contribution in [-0.2, 0) is 31.9 Å². The minimum atomic E-state index is -0.630. The maximum atomic E-state index is 12.5. The molecule has 0 spiro atoms. The van der Waals surface area contributed by atoms with Gasteiger partial charge >= 0.3 is 11.9 Å². The van der Waals surface area contributed by atoms with Gasteiger partial charge in [0.1, 0.15) is 12.2 Å². The summed E-state index contributed by atoms with van der Waals surface area (Å²) in [5, 5.41) is 3.11. The highest BCUT2D eigenvalue weighted by molar-refractivity contribution is 5.92. The van der Waals surface area contributed by atoms with Gasteiger partial charge in [0, 0.05) is 26.2 Å². The topological polar surface area (TPSA) is 111 Å². The van der Waals surface area contributed by atoms with Gasteiger partial charge in [-0.25, -0.2) is 19.6 Å². The molecule has 168 valence electrons. The molecule has 4 atom stereocenters. The van der Waals surface area contributed by atoms with E-state index in [4.69, 9.17) is 21.2 Å². The highest BCUT2D eigenvalue weighted by Crippen LogP contribution is 2.37. The Kier molecular flexibility index (Phi) is 6.38. The van der Waals surface area contributed by atoms with E-state index in [0.29, 0.717) is 12.8 Å². The smallest absolute Gasteiger partial charge is 0.331 e. The third kappa shape index (κ3) is 4.44. The molecule has 0 heterocycles. The first kappa shape index (κ1) is 22.2. The van der Waals surface area contributed by atoms with Gasteiger partial charge in [0.2, 0.25) is 0 Å². The zero-order valence-corrected chi connectivity index (χ0v) is 18.2. The Balaban J connectivity index is 1.42. The summed E-state index contributed by atoms with van der Waals surface area (Å²) < 4.78 is 11.3. The largest absolute Gasteiger partial charge is 0.453 e. The fourth-order valence-electron chi connectivity index (χ4n) is 4.54. The van der Waals surface area contributed by atoms with E-state index in [1.54, 1.807) is 24.1 Å². The van der Waals surface area contributed by atoms with E-state index in [0.717, 1.165) is 34.4 Å². The Hall–Kier alpha value is -3.04. The van der Waals surface area contributed by atoms with Gasteiger partial charge in [0.25, 0.3) is 0 Å². The lowest BCUT2D eigenvalue weighted by Gasteiger charge is -2.26. The Labute approximate surface area is 187 Å². The molecule has 0 saturated heterocycles. The molecule has 32 heavy (non-hydrogen) atoms. The Morgan fingerprint density at radius 1 is 0.781 bits per heavy atom. The van der Waals surface area contributed by atoms with E-state index in [-0.39, 0.29) is 12.1 Å². The Morgan fingerprint density at radius 2 is 1.16 bits per heavy atom. The average molecular weight is 437 g/mol. The summed E-state index contributed by atoms with van der Waals surface area (Å²) in [6, 6.07) is 15.2. The molecule has 0 saturated carbocycles. The summed E-state index contributed by atoms with van der Waals surface area (Å²) in [7, 11) is 3.49. The van der Waals surface area contributed by atoms with E-state index in [1.165, 1.54) is 0 Å². The minimum Gasteiger partial charge on any atom is -0.453 e. The van der Waals surface area contributed by atoms with Crippen molar-refractivity contribution in [3.63, 3.8) is 0 Å². The fraction of sp³-hybridized carbons (Fsp3) is 0.333. The molecule has 2 aliphatic carbocycles. The first-order chi connectivity index (χ1) is 15.3. The van der Waals surface area contributed by atoms with Crippen LogP contribution in [0.2, 0.25) is 0 Å². The number of carbonyl (C=O) groups is 2. The van der Waals surface area contributed by atoms with Crippen LogP contribution < -0.4 is 11.7 Å². The van der Waals surface area contributed by atoms with Crippen molar-refractivity contribution < 1.29 is 19.1 Å². The van der Waals surface area contributed by atoms with E-state index in [9.17, 15) is 9.59 Å². The van der Waals surface area contributed by atoms with E-state index in [1.807, 2.05) is 48.5 Å². The van der Waals surface area contributed by atoms with Gasteiger partial charge in [-0.15, -0.1) is 0 Å². The van der Waals surface area contributed by atoms with Crippen LogP contribution in [0.3, 0.4) is 0 Å². The Bertz CT molecular complexity index is 955. The lowest BCUT2D eigenvalue weighted by molar-refractivity contribution is -0.149. The summed E-state index contributed by atoms with van der Waals surface area (Å²) in [6.07, 6.45) is 2.54. The van der Waals surface area contributed by atoms with Crippen molar-refractivity contribution in [2.24, 2.45) is 11.7 Å². The van der Waals surface area contributed by atoms with E-state index in [2.05, 4.69) is 0 Å². The molecule has 0 radical (unpaired) electrons. The number of hydrazine groups is 2. The number of fused-ring (bicyclic) bond motifs is 2. The van der Waals surface area contributed by atoms with Crippen LogP contribution in [0.5, 0.6) is 0 Å². The van der Waals surface area contributed by atoms with Crippen molar-refractivity contribution in [1.82, 2.24) is 10.0 Å². The lowest BCUT2D eigenvalue weighted by Crippen LogP contribution is -2.41. The molecular weight excluding hydrogens is 408 g/mol. The van der Waals surface area contributed by atoms with Gasteiger partial charge in [-0.05, 0) is 35.1 Å². The van der Waals surface area contributed by atoms with Gasteiger partial charge in [-0.3, -0.25) is 11.7 Å². The third-order valence-corrected chi connectivity index (χ3v) is 6.17. The molecule has 0 fully saturated rings. The van der Waals surface area contributed by atoms with Crippen molar-refractivity contribution in [2.45, 2.75) is 37.1 Å². The van der Waals surface area contributed by atoms with Crippen molar-refractivity contribution >= 4 is 11.9 Å². The summed E-state index contributed by atoms with van der Waals surface area (Å²) in [6.45, 7) is 0. The number of rotatable bonds is 6. The normalized spacial score (nSPS) is 24.1. The minimum absolute atomic E-state index is 0.174. The lowest BCUT2D eigenvalue weighted by atomic mass is 10.1. The van der Waals surface area contributed by atoms with Crippen LogP contribution >= 0.6 is 0 Å². The van der Waals surface area contributed by atoms with Crippen molar-refractivity contribution in [3.8, 4) is 0 Å². The monoisotopic (exact) mass is 436 g/mol. The average Bonchev–Trinajstić information content (AvgIpc) is 3.32. The Morgan fingerprint density at radius 3 is 1.53 bits per heavy atom. The molecule has 2 aromatic rings. The molecule has 2 aromatic carbocycles. The highest BCUT2D eigenvalue weighted by Gasteiger charge is 2.38. The van der Waals surface area contributed by atoms with Gasteiger partial charge in [-0.1, -0.05) is 48.5 Å². The van der Waals surface area contributed by atoms with Crippen LogP contribution in [0.4, 0.5) is 0 Å². The molecular formula is C24H28N4O4. The predicted octanol–water partition coefficient (Wildman–Crippen LogP) is 1.57. The quantitative estimate of drug-likeness (QED) is 0.304. The van der Waals surface area contributed by atoms with Crippen molar-refractivity contribution in [3.05, 3.63) is 82.9 Å². The molecule has 8 nitrogen and oxygen atoms in total. The summed E-state index contributed by atoms with van der Waals surface area (Å²) in [5.41, 5.74) is 4.03. The first-order valence-electron chi connectivity index (χ1n) is 10.5. The second kappa shape index (κ2) is 9.22. The number of carbonyl (C=O) groups excluding carboxylic acids is 2. The van der Waals surface area contributed by atoms with Crippen LogP contribution in [0.25, 0.3) is 0 Å². The number of hydrogen-bond donors (Lipinski definition) is 2. The number of ether oxygens (including phenoxy) is 2. The maximum Gasteiger partial charge on any atom is 0.331 e. The van der Waals surface area contributed by atoms with Crippen LogP contribution in [0.1, 0.15) is 34.5 Å². The molecule has 0 bridgehead atoms. The second-order valence-electron chi connectivity index (χ2n) is 8.32. The molecule has 8 heteroatoms. The number of benzene rings is 2. The molecule has 0 aromatic heterocycles. The number of nitrogens with zero attached hydrogens (tertiary/aromatic N) is 2. The zero-order chi connectivity index (χ0) is 22.8. The van der Waals surface area contributed by atoms with Gasteiger partial charge in [-0.2, -0.15) is 0 Å². The van der Waals surface area contributed by atoms with Crippen LogP contribution in [0.15, 0.2) is 60.7 Å². The summed E-state index contributed by atoms with van der Waals surface area (Å²) in [5.74, 6) is 10.7. The predicted molar refractivity (Wildman–Crippen MR) is 119 cm³/mol. The molecule has 0 aliphatic heterocycles. The molecule has 4 N–H and O–H groups in total. The van der Waals surface area contributed by atoms with Gasteiger partial charge in [0.15, 0.2) is 0 Å². The molecule has 0 amide bonds. The van der Waals surface area contributed by atoms with Gasteiger partial charge < -0.3 is 9.47 Å². The van der Waals surface area contributed by atoms with Crippen LogP contribution in [-0.4, -0.2) is 48.1 Å². The number of likely N-dealkylation sites (N-methyl/N-ethyl adjacent to an activating group) is 2. The summed E-state index contributed by atoms with van der Waals surface area (Å²) in [4.78, 5) is 25.0. The molecule has 2 aliphatic rings. The third-order valence-electron chi connectivity index (χ3n) is 6.17. The summed E-state index contributed by atoms with van der Waals surface area (Å²) >= 11 is 0. The number of hydrogen-bond acceptors (Lipinski definition) is 8. The van der Waals surface area contributed by atoms with Gasteiger partial charge in [0.05, 0.1) is 12.1 Å². The highest BCUT2D eigenvalue weighted by atomic mass is 16.6. The second-order valence-corrected chi connectivity index (χ2v) is 8.32. The van der Waals surface area contributed by atoms with Crippen molar-refractivity contribution in [1.29, 1.82) is 0 Å². The maximum absolute atomic E-state index is 12.5. The molecule has 0 unspecified atom stereocenters. The fourth-order valence-corrected chi connectivity index (χ4v) is 4.54. The number of nitrogens with two attached hydrogens (primary N) is 2. The standard InChI is InChI=1S/C24H28N4O4/c1-27(25)19-13-15-7-3-5-9-17(15)23(19)31-21(29)11-12-22(30)32-24-18-10-6-4-8-16(18)14-20(24)28(2)26/h3-12,19-20,23-24H,13-14,25-26H2,1-2H3/b12-11+/t19-,20-,23-,24-/m0/s1. The van der Waals surface area contributed by atoms with Crippen LogP contribution in [0, 0.1) is 0 Å². The van der Waals surface area contributed by atoms with Crippen molar-refractivity contribution in [2.75, 3.05) is 14.1 Å². The zero-order valence-electron chi connectivity index (χ0n) is 18.2. The van der Waals surface area contributed by atoms with E-state index >= 15 is 0 Å². The first-order valence-corrected chi connectivity index (χ1v) is 10.5. The SMILES string of the molecule is CN(N)[C@H]1Cc2ccccc2[C@@H]1OC(=O)/C=C/C(=O)O[C@H]1c2ccccc2C[C@@H]1N(C)N. The van der Waals surface area contributed by atoms with E-state index < -0.39 is 24.1 Å². The molecule has 4 rings (SSSR count). The number of esters is 2.